The van der Waals surface area contributed by atoms with Crippen molar-refractivity contribution < 1.29 is 14.6 Å². The molecule has 2 N–H and O–H groups in total. The van der Waals surface area contributed by atoms with Gasteiger partial charge in [0, 0.05) is 13.1 Å². The van der Waals surface area contributed by atoms with Crippen LogP contribution in [0.5, 0.6) is 5.75 Å². The number of ether oxygens (including phenoxy) is 1. The van der Waals surface area contributed by atoms with E-state index in [0.717, 1.165) is 44.6 Å². The van der Waals surface area contributed by atoms with E-state index in [-0.39, 0.29) is 18.8 Å². The molecule has 0 fully saturated rings. The quantitative estimate of drug-likeness (QED) is 0.541. The third-order valence-corrected chi connectivity index (χ3v) is 5.28. The third-order valence-electron chi connectivity index (χ3n) is 5.28. The van der Waals surface area contributed by atoms with Gasteiger partial charge in [-0.05, 0) is 67.0 Å². The zero-order valence-electron chi connectivity index (χ0n) is 16.9. The Morgan fingerprint density at radius 2 is 1.93 bits per heavy atom. The highest BCUT2D eigenvalue weighted by molar-refractivity contribution is 5.85. The number of benzene rings is 2. The second-order valence-electron chi connectivity index (χ2n) is 7.31. The second kappa shape index (κ2) is 11.6. The maximum atomic E-state index is 10.6. The minimum absolute atomic E-state index is 0. The predicted molar refractivity (Wildman–Crippen MR) is 120 cm³/mol. The normalized spacial score (nSPS) is 12.9. The molecule has 0 aliphatic heterocycles. The molecule has 0 atom stereocenters. The lowest BCUT2D eigenvalue weighted by atomic mass is 9.86. The topological polar surface area (TPSA) is 58.6 Å². The highest BCUT2D eigenvalue weighted by atomic mass is 35.5. The molecule has 0 saturated heterocycles. The minimum Gasteiger partial charge on any atom is -0.494 e. The fraction of sp³-hybridized carbons (Fsp3) is 0.375. The Morgan fingerprint density at radius 1 is 1.14 bits per heavy atom. The van der Waals surface area contributed by atoms with Crippen molar-refractivity contribution >= 4 is 23.9 Å². The van der Waals surface area contributed by atoms with Crippen LogP contribution in [-0.4, -0.2) is 30.8 Å². The van der Waals surface area contributed by atoms with Crippen LogP contribution in [0.2, 0.25) is 0 Å². The molecule has 0 spiro atoms. The smallest absolute Gasteiger partial charge is 0.304 e. The van der Waals surface area contributed by atoms with Crippen LogP contribution in [0.15, 0.2) is 54.1 Å². The van der Waals surface area contributed by atoms with E-state index in [4.69, 9.17) is 9.84 Å². The van der Waals surface area contributed by atoms with E-state index in [1.807, 2.05) is 6.07 Å². The fourth-order valence-electron chi connectivity index (χ4n) is 3.66. The van der Waals surface area contributed by atoms with Gasteiger partial charge in [-0.15, -0.1) is 12.4 Å². The van der Waals surface area contributed by atoms with Crippen LogP contribution >= 0.6 is 12.4 Å². The average molecular weight is 416 g/mol. The van der Waals surface area contributed by atoms with Crippen LogP contribution in [0.4, 0.5) is 0 Å². The van der Waals surface area contributed by atoms with Gasteiger partial charge in [-0.25, -0.2) is 0 Å². The maximum absolute atomic E-state index is 10.6. The van der Waals surface area contributed by atoms with E-state index in [1.165, 1.54) is 27.8 Å². The van der Waals surface area contributed by atoms with Gasteiger partial charge in [0.1, 0.15) is 5.75 Å². The zero-order chi connectivity index (χ0) is 19.8. The van der Waals surface area contributed by atoms with E-state index in [2.05, 4.69) is 54.7 Å². The molecule has 0 radical (unpaired) electrons. The van der Waals surface area contributed by atoms with E-state index in [0.29, 0.717) is 6.54 Å². The first-order chi connectivity index (χ1) is 13.6. The number of carbonyl (C=O) groups is 1. The number of hydrogen-bond donors (Lipinski definition) is 2. The van der Waals surface area contributed by atoms with Crippen LogP contribution in [0.25, 0.3) is 5.57 Å². The molecule has 0 unspecified atom stereocenters. The molecule has 3 rings (SSSR count). The van der Waals surface area contributed by atoms with Gasteiger partial charge in [-0.3, -0.25) is 4.79 Å². The molecule has 0 aromatic heterocycles. The Kier molecular flexibility index (Phi) is 9.23. The SMILES string of the molecule is CC1=C(CNCCC(=O)O)CCc2cc(OCCCc3ccccc3)ccc21.Cl. The Labute approximate surface area is 179 Å². The number of fused-ring (bicyclic) bond motifs is 1. The van der Waals surface area contributed by atoms with Gasteiger partial charge >= 0.3 is 5.97 Å². The van der Waals surface area contributed by atoms with E-state index >= 15 is 0 Å². The summed E-state index contributed by atoms with van der Waals surface area (Å²) in [6.45, 7) is 4.15. The third kappa shape index (κ3) is 6.91. The van der Waals surface area contributed by atoms with Crippen LogP contribution in [-0.2, 0) is 17.6 Å². The zero-order valence-corrected chi connectivity index (χ0v) is 17.8. The first-order valence-electron chi connectivity index (χ1n) is 10.0. The van der Waals surface area contributed by atoms with Crippen molar-refractivity contribution in [3.05, 3.63) is 70.8 Å². The standard InChI is InChI=1S/C24H29NO3.ClH/c1-18-21(17-25-14-13-24(26)27)10-9-20-16-22(11-12-23(18)20)28-15-5-8-19-6-3-2-4-7-19;/h2-4,6-7,11-12,16,25H,5,8-10,13-15,17H2,1H3,(H,26,27);1H. The summed E-state index contributed by atoms with van der Waals surface area (Å²) in [6, 6.07) is 16.9. The van der Waals surface area contributed by atoms with Crippen molar-refractivity contribution in [1.29, 1.82) is 0 Å². The number of aliphatic carboxylic acids is 1. The largest absolute Gasteiger partial charge is 0.494 e. The van der Waals surface area contributed by atoms with E-state index in [9.17, 15) is 4.79 Å². The number of carboxylic acids is 1. The van der Waals surface area contributed by atoms with Crippen LogP contribution in [0.1, 0.15) is 42.9 Å². The summed E-state index contributed by atoms with van der Waals surface area (Å²) in [6.07, 6.45) is 4.21. The molecule has 5 heteroatoms. The lowest BCUT2D eigenvalue weighted by Crippen LogP contribution is -2.22. The lowest BCUT2D eigenvalue weighted by Gasteiger charge is -2.22. The first-order valence-corrected chi connectivity index (χ1v) is 10.0. The summed E-state index contributed by atoms with van der Waals surface area (Å²) < 4.78 is 5.97. The molecule has 0 bridgehead atoms. The van der Waals surface area contributed by atoms with Gasteiger partial charge in [0.15, 0.2) is 0 Å². The number of halogens is 1. The maximum Gasteiger partial charge on any atom is 0.304 e. The number of nitrogens with one attached hydrogen (secondary N) is 1. The molecule has 156 valence electrons. The van der Waals surface area contributed by atoms with Gasteiger partial charge in [0.05, 0.1) is 13.0 Å². The molecule has 1 aliphatic rings. The molecule has 0 saturated carbocycles. The Balaban J connectivity index is 0.00000300. The molecule has 0 amide bonds. The van der Waals surface area contributed by atoms with Crippen molar-refractivity contribution in [3.8, 4) is 5.75 Å². The lowest BCUT2D eigenvalue weighted by molar-refractivity contribution is -0.136. The summed E-state index contributed by atoms with van der Waals surface area (Å²) in [7, 11) is 0. The molecular formula is C24H30ClNO3. The molecular weight excluding hydrogens is 386 g/mol. The van der Waals surface area contributed by atoms with Gasteiger partial charge in [-0.1, -0.05) is 42.0 Å². The Bertz CT molecular complexity index is 833. The van der Waals surface area contributed by atoms with Gasteiger partial charge < -0.3 is 15.2 Å². The summed E-state index contributed by atoms with van der Waals surface area (Å²) in [4.78, 5) is 10.6. The van der Waals surface area contributed by atoms with E-state index < -0.39 is 5.97 Å². The molecule has 29 heavy (non-hydrogen) atoms. The first kappa shape index (κ1) is 23.0. The van der Waals surface area contributed by atoms with Crippen molar-refractivity contribution in [2.24, 2.45) is 0 Å². The van der Waals surface area contributed by atoms with Crippen LogP contribution in [0, 0.1) is 0 Å². The average Bonchev–Trinajstić information content (AvgIpc) is 2.70. The van der Waals surface area contributed by atoms with E-state index in [1.54, 1.807) is 0 Å². The van der Waals surface area contributed by atoms with Crippen molar-refractivity contribution in [3.63, 3.8) is 0 Å². The number of allylic oxidation sites excluding steroid dienone is 1. The molecule has 1 aliphatic carbocycles. The summed E-state index contributed by atoms with van der Waals surface area (Å²) in [5.74, 6) is 0.186. The minimum atomic E-state index is -0.761. The molecule has 2 aromatic rings. The van der Waals surface area contributed by atoms with Crippen molar-refractivity contribution in [2.75, 3.05) is 19.7 Å². The van der Waals surface area contributed by atoms with Gasteiger partial charge in [-0.2, -0.15) is 0 Å². The predicted octanol–water partition coefficient (Wildman–Crippen LogP) is 4.90. The second-order valence-corrected chi connectivity index (χ2v) is 7.31. The highest BCUT2D eigenvalue weighted by Crippen LogP contribution is 2.33. The highest BCUT2D eigenvalue weighted by Gasteiger charge is 2.16. The number of rotatable bonds is 10. The van der Waals surface area contributed by atoms with Crippen molar-refractivity contribution in [2.45, 2.75) is 39.0 Å². The van der Waals surface area contributed by atoms with Crippen LogP contribution < -0.4 is 10.1 Å². The summed E-state index contributed by atoms with van der Waals surface area (Å²) in [5, 5.41) is 12.0. The van der Waals surface area contributed by atoms with Gasteiger partial charge in [0.25, 0.3) is 0 Å². The number of aryl methyl sites for hydroxylation is 2. The summed E-state index contributed by atoms with van der Waals surface area (Å²) >= 11 is 0. The fourth-order valence-corrected chi connectivity index (χ4v) is 3.66. The number of hydrogen-bond acceptors (Lipinski definition) is 3. The molecule has 2 aromatic carbocycles. The Morgan fingerprint density at radius 3 is 2.69 bits per heavy atom. The molecule has 4 nitrogen and oxygen atoms in total. The van der Waals surface area contributed by atoms with Crippen molar-refractivity contribution in [1.82, 2.24) is 5.32 Å². The van der Waals surface area contributed by atoms with Gasteiger partial charge in [0.2, 0.25) is 0 Å². The molecule has 0 heterocycles. The number of carboxylic acid groups (broad SMARTS) is 1. The van der Waals surface area contributed by atoms with Crippen LogP contribution in [0.3, 0.4) is 0 Å². The Hall–Kier alpha value is -2.30. The summed E-state index contributed by atoms with van der Waals surface area (Å²) in [5.41, 5.74) is 6.65. The monoisotopic (exact) mass is 415 g/mol.